The molecule has 0 radical (unpaired) electrons. The second-order valence-electron chi connectivity index (χ2n) is 4.55. The van der Waals surface area contributed by atoms with Gasteiger partial charge in [-0.1, -0.05) is 11.3 Å². The quantitative estimate of drug-likeness (QED) is 0.866. The summed E-state index contributed by atoms with van der Waals surface area (Å²) in [4.78, 5) is 0. The Morgan fingerprint density at radius 1 is 1.44 bits per heavy atom. The summed E-state index contributed by atoms with van der Waals surface area (Å²) in [5, 5.41) is 17.0. The lowest BCUT2D eigenvalue weighted by atomic mass is 10.2. The van der Waals surface area contributed by atoms with Gasteiger partial charge in [0.05, 0.1) is 23.1 Å². The Hall–Kier alpha value is -1.63. The van der Waals surface area contributed by atoms with Crippen molar-refractivity contribution in [2.75, 3.05) is 5.75 Å². The molecule has 7 heteroatoms. The van der Waals surface area contributed by atoms with Gasteiger partial charge in [-0.25, -0.2) is 13.1 Å². The molecule has 1 unspecified atom stereocenters. The van der Waals surface area contributed by atoms with Crippen molar-refractivity contribution in [1.82, 2.24) is 15.0 Å². The monoisotopic (exact) mass is 267 g/mol. The molecule has 3 rings (SSSR count). The van der Waals surface area contributed by atoms with Crippen LogP contribution in [0.4, 0.5) is 0 Å². The molecule has 1 N–H and O–H groups in total. The van der Waals surface area contributed by atoms with Crippen LogP contribution in [-0.2, 0) is 16.4 Å². The van der Waals surface area contributed by atoms with E-state index in [9.17, 15) is 13.5 Å². The molecule has 1 aromatic carbocycles. The molecule has 0 bridgehead atoms. The fraction of sp³-hybridized carbons (Fsp3) is 0.455. The summed E-state index contributed by atoms with van der Waals surface area (Å²) in [6.07, 6.45) is 1.38. The highest BCUT2D eigenvalue weighted by molar-refractivity contribution is 7.92. The molecule has 0 amide bonds. The van der Waals surface area contributed by atoms with Crippen molar-refractivity contribution in [1.29, 1.82) is 0 Å². The summed E-state index contributed by atoms with van der Waals surface area (Å²) in [5.41, 5.74) is 1.07. The van der Waals surface area contributed by atoms with Gasteiger partial charge in [-0.3, -0.25) is 0 Å². The predicted molar refractivity (Wildman–Crippen MR) is 66.0 cm³/mol. The van der Waals surface area contributed by atoms with Crippen LogP contribution in [0.15, 0.2) is 18.2 Å². The number of fused-ring (bicyclic) bond motifs is 1. The number of hydrogen-bond donors (Lipinski definition) is 1. The van der Waals surface area contributed by atoms with Crippen LogP contribution < -0.4 is 0 Å². The molecule has 1 saturated heterocycles. The molecule has 0 saturated carbocycles. The minimum atomic E-state index is -2.99. The summed E-state index contributed by atoms with van der Waals surface area (Å²) in [6.45, 7) is 0.308. The summed E-state index contributed by atoms with van der Waals surface area (Å²) >= 11 is 0. The van der Waals surface area contributed by atoms with Gasteiger partial charge in [-0.2, -0.15) is 0 Å². The van der Waals surface area contributed by atoms with Gasteiger partial charge in [0.2, 0.25) is 0 Å². The normalized spacial score (nSPS) is 22.6. The number of phenolic OH excluding ortho intramolecular Hbond substituents is 1. The number of aromatic hydroxyl groups is 1. The van der Waals surface area contributed by atoms with E-state index in [0.29, 0.717) is 30.4 Å². The standard InChI is InChI=1S/C11H13N3O3S/c15-10-5-1-4-9-11(10)12-13-14(9)7-8-3-2-6-18(8,16)17/h1,4-5,8,15H,2-3,6-7H2. The van der Waals surface area contributed by atoms with Gasteiger partial charge in [0.25, 0.3) is 0 Å². The molecule has 96 valence electrons. The highest BCUT2D eigenvalue weighted by atomic mass is 32.2. The molecule has 1 aromatic heterocycles. The molecule has 1 atom stereocenters. The third-order valence-electron chi connectivity index (χ3n) is 3.36. The number of hydrogen-bond acceptors (Lipinski definition) is 5. The van der Waals surface area contributed by atoms with E-state index < -0.39 is 9.84 Å². The number of phenols is 1. The predicted octanol–water partition coefficient (Wildman–Crippen LogP) is 0.714. The third kappa shape index (κ3) is 1.74. The number of benzene rings is 1. The first-order chi connectivity index (χ1) is 8.58. The Morgan fingerprint density at radius 2 is 2.28 bits per heavy atom. The smallest absolute Gasteiger partial charge is 0.154 e. The van der Waals surface area contributed by atoms with Gasteiger partial charge in [0.15, 0.2) is 15.4 Å². The van der Waals surface area contributed by atoms with Crippen LogP contribution in [0.2, 0.25) is 0 Å². The highest BCUT2D eigenvalue weighted by Crippen LogP contribution is 2.25. The van der Waals surface area contributed by atoms with Gasteiger partial charge in [0.1, 0.15) is 5.75 Å². The molecule has 1 fully saturated rings. The van der Waals surface area contributed by atoms with E-state index in [4.69, 9.17) is 0 Å². The van der Waals surface area contributed by atoms with Gasteiger partial charge in [0, 0.05) is 0 Å². The summed E-state index contributed by atoms with van der Waals surface area (Å²) in [5.74, 6) is 0.322. The van der Waals surface area contributed by atoms with Crippen molar-refractivity contribution in [3.8, 4) is 5.75 Å². The number of rotatable bonds is 2. The number of nitrogens with zero attached hydrogens (tertiary/aromatic N) is 3. The van der Waals surface area contributed by atoms with E-state index in [1.807, 2.05) is 0 Å². The average molecular weight is 267 g/mol. The van der Waals surface area contributed by atoms with E-state index in [1.165, 1.54) is 6.07 Å². The van der Waals surface area contributed by atoms with E-state index in [1.54, 1.807) is 16.8 Å². The summed E-state index contributed by atoms with van der Waals surface area (Å²) in [6, 6.07) is 5.00. The summed E-state index contributed by atoms with van der Waals surface area (Å²) < 4.78 is 25.1. The second-order valence-corrected chi connectivity index (χ2v) is 6.95. The first-order valence-electron chi connectivity index (χ1n) is 5.81. The summed E-state index contributed by atoms with van der Waals surface area (Å²) in [7, 11) is -2.99. The van der Waals surface area contributed by atoms with E-state index >= 15 is 0 Å². The molecular weight excluding hydrogens is 254 g/mol. The first-order valence-corrected chi connectivity index (χ1v) is 7.52. The molecule has 2 heterocycles. The van der Waals surface area contributed by atoms with E-state index in [0.717, 1.165) is 0 Å². The second kappa shape index (κ2) is 3.94. The fourth-order valence-electron chi connectivity index (χ4n) is 2.37. The molecular formula is C11H13N3O3S. The molecule has 0 spiro atoms. The number of sulfone groups is 1. The minimum Gasteiger partial charge on any atom is -0.506 e. The maximum Gasteiger partial charge on any atom is 0.154 e. The third-order valence-corrected chi connectivity index (χ3v) is 5.62. The van der Waals surface area contributed by atoms with Crippen molar-refractivity contribution in [3.05, 3.63) is 18.2 Å². The maximum absolute atomic E-state index is 11.8. The Bertz CT molecular complexity index is 693. The SMILES string of the molecule is O=S1(=O)CCCC1Cn1nnc2c(O)cccc21. The molecule has 6 nitrogen and oxygen atoms in total. The van der Waals surface area contributed by atoms with Crippen molar-refractivity contribution < 1.29 is 13.5 Å². The zero-order valence-electron chi connectivity index (χ0n) is 9.65. The van der Waals surface area contributed by atoms with Crippen LogP contribution in [-0.4, -0.2) is 39.5 Å². The van der Waals surface area contributed by atoms with Crippen molar-refractivity contribution in [2.45, 2.75) is 24.6 Å². The van der Waals surface area contributed by atoms with Crippen LogP contribution in [0.1, 0.15) is 12.8 Å². The Labute approximate surface area is 104 Å². The maximum atomic E-state index is 11.8. The van der Waals surface area contributed by atoms with Gasteiger partial charge < -0.3 is 5.11 Å². The van der Waals surface area contributed by atoms with E-state index in [-0.39, 0.29) is 16.8 Å². The molecule has 2 aromatic rings. The topological polar surface area (TPSA) is 85.1 Å². The largest absolute Gasteiger partial charge is 0.506 e. The van der Waals surface area contributed by atoms with Gasteiger partial charge in [-0.15, -0.1) is 5.10 Å². The fourth-order valence-corrected chi connectivity index (χ4v) is 4.16. The van der Waals surface area contributed by atoms with Crippen molar-refractivity contribution in [2.24, 2.45) is 0 Å². The first kappa shape index (κ1) is 11.5. The lowest BCUT2D eigenvalue weighted by molar-refractivity contribution is 0.480. The molecule has 1 aliphatic rings. The van der Waals surface area contributed by atoms with Crippen molar-refractivity contribution >= 4 is 20.9 Å². The Kier molecular flexibility index (Phi) is 2.51. The highest BCUT2D eigenvalue weighted by Gasteiger charge is 2.32. The molecule has 18 heavy (non-hydrogen) atoms. The average Bonchev–Trinajstić information content (AvgIpc) is 2.86. The molecule has 1 aliphatic heterocycles. The zero-order chi connectivity index (χ0) is 12.8. The van der Waals surface area contributed by atoms with Crippen LogP contribution >= 0.6 is 0 Å². The lowest BCUT2D eigenvalue weighted by Gasteiger charge is -2.09. The van der Waals surface area contributed by atoms with Gasteiger partial charge in [-0.05, 0) is 25.0 Å². The van der Waals surface area contributed by atoms with Crippen LogP contribution in [0.5, 0.6) is 5.75 Å². The van der Waals surface area contributed by atoms with Crippen molar-refractivity contribution in [3.63, 3.8) is 0 Å². The Morgan fingerprint density at radius 3 is 3.00 bits per heavy atom. The lowest BCUT2D eigenvalue weighted by Crippen LogP contribution is -2.22. The van der Waals surface area contributed by atoms with Crippen LogP contribution in [0, 0.1) is 0 Å². The zero-order valence-corrected chi connectivity index (χ0v) is 10.5. The van der Waals surface area contributed by atoms with Crippen LogP contribution in [0.3, 0.4) is 0 Å². The van der Waals surface area contributed by atoms with Gasteiger partial charge >= 0.3 is 0 Å². The minimum absolute atomic E-state index is 0.0630. The Balaban J connectivity index is 1.99. The van der Waals surface area contributed by atoms with Crippen LogP contribution in [0.25, 0.3) is 11.0 Å². The number of aromatic nitrogens is 3. The molecule has 0 aliphatic carbocycles. The van der Waals surface area contributed by atoms with E-state index in [2.05, 4.69) is 10.3 Å².